The van der Waals surface area contributed by atoms with E-state index in [2.05, 4.69) is 20.2 Å². The summed E-state index contributed by atoms with van der Waals surface area (Å²) in [5, 5.41) is 4.03. The Balaban J connectivity index is 1.48. The van der Waals surface area contributed by atoms with E-state index in [4.69, 9.17) is 9.15 Å². The highest BCUT2D eigenvalue weighted by Crippen LogP contribution is 2.34. The number of aromatic nitrogens is 2. The fourth-order valence-corrected chi connectivity index (χ4v) is 5.04. The highest BCUT2D eigenvalue weighted by atomic mass is 32.1. The van der Waals surface area contributed by atoms with Crippen LogP contribution in [0.3, 0.4) is 0 Å². The van der Waals surface area contributed by atoms with Gasteiger partial charge in [0.25, 0.3) is 5.91 Å². The summed E-state index contributed by atoms with van der Waals surface area (Å²) in [6, 6.07) is 11.5. The van der Waals surface area contributed by atoms with E-state index < -0.39 is 0 Å². The van der Waals surface area contributed by atoms with Gasteiger partial charge >= 0.3 is 0 Å². The number of hydrogen-bond acceptors (Lipinski definition) is 7. The average molecular weight is 435 g/mol. The maximum atomic E-state index is 13.3. The van der Waals surface area contributed by atoms with Gasteiger partial charge in [-0.3, -0.25) is 4.79 Å². The van der Waals surface area contributed by atoms with E-state index in [1.54, 1.807) is 6.26 Å². The molecule has 1 aliphatic rings. The minimum absolute atomic E-state index is 0.139. The van der Waals surface area contributed by atoms with Crippen molar-refractivity contribution in [3.63, 3.8) is 0 Å². The van der Waals surface area contributed by atoms with Crippen LogP contribution in [-0.4, -0.2) is 42.2 Å². The van der Waals surface area contributed by atoms with E-state index in [9.17, 15) is 4.79 Å². The van der Waals surface area contributed by atoms with Gasteiger partial charge in [0.15, 0.2) is 11.6 Å². The number of aryl methyl sites for hydroxylation is 2. The molecule has 7 nitrogen and oxygen atoms in total. The fourth-order valence-electron chi connectivity index (χ4n) is 3.91. The number of nitrogens with one attached hydrogen (secondary N) is 1. The largest absolute Gasteiger partial charge is 0.461 e. The maximum absolute atomic E-state index is 13.3. The van der Waals surface area contributed by atoms with Crippen molar-refractivity contribution in [2.45, 2.75) is 13.8 Å². The van der Waals surface area contributed by atoms with Gasteiger partial charge in [0, 0.05) is 18.5 Å². The molecule has 4 aromatic rings. The first-order chi connectivity index (χ1) is 15.1. The highest BCUT2D eigenvalue weighted by molar-refractivity contribution is 7.20. The summed E-state index contributed by atoms with van der Waals surface area (Å²) in [6.07, 6.45) is 1.60. The number of ether oxygens (including phenoxy) is 1. The van der Waals surface area contributed by atoms with E-state index in [0.29, 0.717) is 29.7 Å². The number of nitrogens with zero attached hydrogens (tertiary/aromatic N) is 3. The number of carbonyl (C=O) groups excluding carboxylic acids is 1. The second-order valence-corrected chi connectivity index (χ2v) is 8.42. The molecule has 1 aromatic carbocycles. The summed E-state index contributed by atoms with van der Waals surface area (Å²) in [5.74, 6) is 1.00. The van der Waals surface area contributed by atoms with Crippen molar-refractivity contribution in [2.24, 2.45) is 0 Å². The Morgan fingerprint density at radius 2 is 1.90 bits per heavy atom. The quantitative estimate of drug-likeness (QED) is 0.503. The van der Waals surface area contributed by atoms with Crippen LogP contribution < -0.4 is 10.2 Å². The lowest BCUT2D eigenvalue weighted by Gasteiger charge is -2.30. The van der Waals surface area contributed by atoms with Crippen LogP contribution in [0.4, 0.5) is 11.4 Å². The first kappa shape index (κ1) is 19.7. The molecule has 3 aromatic heterocycles. The number of anilines is 2. The molecule has 1 amide bonds. The Kier molecular flexibility index (Phi) is 5.17. The fraction of sp³-hybridized carbons (Fsp3) is 0.261. The van der Waals surface area contributed by atoms with Crippen LogP contribution in [-0.2, 0) is 4.74 Å². The van der Waals surface area contributed by atoms with Gasteiger partial charge < -0.3 is 19.4 Å². The summed E-state index contributed by atoms with van der Waals surface area (Å²) < 4.78 is 10.9. The summed E-state index contributed by atoms with van der Waals surface area (Å²) in [5.41, 5.74) is 3.53. The van der Waals surface area contributed by atoms with Gasteiger partial charge in [-0.25, -0.2) is 9.97 Å². The number of morpholine rings is 1. The molecule has 1 saturated heterocycles. The van der Waals surface area contributed by atoms with Crippen molar-refractivity contribution < 1.29 is 13.9 Å². The van der Waals surface area contributed by atoms with Gasteiger partial charge in [0.05, 0.1) is 41.4 Å². The molecule has 0 spiro atoms. The SMILES string of the molecule is Cc1nc(-c2ccco2)nc2sc(C(=O)Nc3ccccc3N3CCOCC3)c(C)c12. The molecule has 1 fully saturated rings. The predicted octanol–water partition coefficient (Wildman–Crippen LogP) is 4.66. The first-order valence-corrected chi connectivity index (χ1v) is 11.0. The Morgan fingerprint density at radius 1 is 1.10 bits per heavy atom. The molecular weight excluding hydrogens is 412 g/mol. The third-order valence-electron chi connectivity index (χ3n) is 5.42. The van der Waals surface area contributed by atoms with Crippen LogP contribution >= 0.6 is 11.3 Å². The minimum Gasteiger partial charge on any atom is -0.461 e. The Hall–Kier alpha value is -3.23. The van der Waals surface area contributed by atoms with Gasteiger partial charge in [0.2, 0.25) is 0 Å². The van der Waals surface area contributed by atoms with Gasteiger partial charge in [-0.2, -0.15) is 0 Å². The number of fused-ring (bicyclic) bond motifs is 1. The molecule has 0 bridgehead atoms. The molecular formula is C23H22N4O3S. The van der Waals surface area contributed by atoms with Crippen LogP contribution in [0, 0.1) is 13.8 Å². The topological polar surface area (TPSA) is 80.5 Å². The number of para-hydroxylation sites is 2. The normalized spacial score (nSPS) is 14.2. The molecule has 0 unspecified atom stereocenters. The molecule has 1 aliphatic heterocycles. The van der Waals surface area contributed by atoms with Crippen molar-refractivity contribution in [1.29, 1.82) is 0 Å². The van der Waals surface area contributed by atoms with Crippen molar-refractivity contribution in [3.8, 4) is 11.6 Å². The zero-order chi connectivity index (χ0) is 21.4. The number of furan rings is 1. The molecule has 31 heavy (non-hydrogen) atoms. The predicted molar refractivity (Wildman–Crippen MR) is 122 cm³/mol. The zero-order valence-electron chi connectivity index (χ0n) is 17.3. The Labute approximate surface area is 183 Å². The Morgan fingerprint density at radius 3 is 2.68 bits per heavy atom. The standard InChI is InChI=1S/C23H22N4O3S/c1-14-19-15(2)24-21(18-8-5-11-30-18)26-23(19)31-20(14)22(28)25-16-6-3-4-7-17(16)27-9-12-29-13-10-27/h3-8,11H,9-10,12-13H2,1-2H3,(H,25,28). The average Bonchev–Trinajstić information content (AvgIpc) is 3.43. The molecule has 0 saturated carbocycles. The van der Waals surface area contributed by atoms with Crippen molar-refractivity contribution in [1.82, 2.24) is 9.97 Å². The summed E-state index contributed by atoms with van der Waals surface area (Å²) in [7, 11) is 0. The second kappa shape index (κ2) is 8.13. The number of thiophene rings is 1. The molecule has 0 atom stereocenters. The third kappa shape index (κ3) is 3.68. The second-order valence-electron chi connectivity index (χ2n) is 7.42. The lowest BCUT2D eigenvalue weighted by atomic mass is 10.1. The van der Waals surface area contributed by atoms with Gasteiger partial charge in [-0.1, -0.05) is 12.1 Å². The number of rotatable bonds is 4. The molecule has 0 radical (unpaired) electrons. The molecule has 8 heteroatoms. The summed E-state index contributed by atoms with van der Waals surface area (Å²) >= 11 is 1.38. The van der Waals surface area contributed by atoms with Crippen molar-refractivity contribution in [2.75, 3.05) is 36.5 Å². The number of carbonyl (C=O) groups is 1. The number of benzene rings is 1. The van der Waals surface area contributed by atoms with E-state index in [1.165, 1.54) is 11.3 Å². The number of hydrogen-bond donors (Lipinski definition) is 1. The zero-order valence-corrected chi connectivity index (χ0v) is 18.2. The monoisotopic (exact) mass is 434 g/mol. The van der Waals surface area contributed by atoms with Crippen LogP contribution in [0.5, 0.6) is 0 Å². The third-order valence-corrected chi connectivity index (χ3v) is 6.61. The maximum Gasteiger partial charge on any atom is 0.266 e. The van der Waals surface area contributed by atoms with E-state index in [-0.39, 0.29) is 5.91 Å². The van der Waals surface area contributed by atoms with E-state index in [1.807, 2.05) is 50.2 Å². The lowest BCUT2D eigenvalue weighted by Crippen LogP contribution is -2.36. The van der Waals surface area contributed by atoms with Gasteiger partial charge in [-0.05, 0) is 43.7 Å². The molecule has 4 heterocycles. The minimum atomic E-state index is -0.139. The van der Waals surface area contributed by atoms with Crippen molar-refractivity contribution in [3.05, 3.63) is 58.8 Å². The van der Waals surface area contributed by atoms with Gasteiger partial charge in [0.1, 0.15) is 4.83 Å². The van der Waals surface area contributed by atoms with Crippen LogP contribution in [0.15, 0.2) is 47.1 Å². The summed E-state index contributed by atoms with van der Waals surface area (Å²) in [4.78, 5) is 26.2. The smallest absolute Gasteiger partial charge is 0.266 e. The first-order valence-electron chi connectivity index (χ1n) is 10.2. The van der Waals surface area contributed by atoms with E-state index >= 15 is 0 Å². The Bertz CT molecular complexity index is 1240. The molecule has 5 rings (SSSR count). The van der Waals surface area contributed by atoms with Gasteiger partial charge in [-0.15, -0.1) is 11.3 Å². The van der Waals surface area contributed by atoms with Crippen LogP contribution in [0.1, 0.15) is 20.9 Å². The van der Waals surface area contributed by atoms with Crippen molar-refractivity contribution >= 4 is 38.8 Å². The van der Waals surface area contributed by atoms with Crippen LogP contribution in [0.2, 0.25) is 0 Å². The molecule has 158 valence electrons. The number of amides is 1. The molecule has 0 aliphatic carbocycles. The lowest BCUT2D eigenvalue weighted by molar-refractivity contribution is 0.103. The van der Waals surface area contributed by atoms with Crippen LogP contribution in [0.25, 0.3) is 21.8 Å². The highest BCUT2D eigenvalue weighted by Gasteiger charge is 2.22. The molecule has 1 N–H and O–H groups in total. The summed E-state index contributed by atoms with van der Waals surface area (Å²) in [6.45, 7) is 6.87. The van der Waals surface area contributed by atoms with E-state index in [0.717, 1.165) is 45.9 Å².